The first-order valence-electron chi connectivity index (χ1n) is 13.7. The molecule has 2 fully saturated rings. The SMILES string of the molecule is CC(=O)NCC1CCN(Cc2cc(Oc3ccc(N4CCCCC4)nc3)nc(-c3cc(Cl)cc(Cl)c3)c2)CC1. The summed E-state index contributed by atoms with van der Waals surface area (Å²) >= 11 is 12.6. The van der Waals surface area contributed by atoms with Gasteiger partial charge in [-0.3, -0.25) is 9.69 Å². The van der Waals surface area contributed by atoms with Crippen LogP contribution in [0, 0.1) is 5.92 Å². The zero-order chi connectivity index (χ0) is 27.2. The van der Waals surface area contributed by atoms with Gasteiger partial charge in [0.1, 0.15) is 11.6 Å². The monoisotopic (exact) mass is 567 g/mol. The van der Waals surface area contributed by atoms with Crippen molar-refractivity contribution in [2.24, 2.45) is 5.92 Å². The van der Waals surface area contributed by atoms with Crippen molar-refractivity contribution < 1.29 is 9.53 Å². The van der Waals surface area contributed by atoms with Gasteiger partial charge in [0.15, 0.2) is 0 Å². The fourth-order valence-corrected chi connectivity index (χ4v) is 5.84. The number of benzene rings is 1. The molecular weight excluding hydrogens is 533 g/mol. The molecule has 206 valence electrons. The Morgan fingerprint density at radius 2 is 1.74 bits per heavy atom. The number of ether oxygens (including phenoxy) is 1. The van der Waals surface area contributed by atoms with E-state index in [9.17, 15) is 4.79 Å². The lowest BCUT2D eigenvalue weighted by molar-refractivity contribution is -0.119. The molecular formula is C30H35Cl2N5O2. The number of carbonyl (C=O) groups is 1. The van der Waals surface area contributed by atoms with Crippen molar-refractivity contribution in [3.05, 3.63) is 64.3 Å². The predicted octanol–water partition coefficient (Wildman–Crippen LogP) is 6.58. The molecule has 2 aromatic heterocycles. The van der Waals surface area contributed by atoms with Crippen LogP contribution in [0.25, 0.3) is 11.3 Å². The molecule has 0 atom stereocenters. The predicted molar refractivity (Wildman–Crippen MR) is 157 cm³/mol. The Balaban J connectivity index is 1.33. The maximum Gasteiger partial charge on any atom is 0.220 e. The summed E-state index contributed by atoms with van der Waals surface area (Å²) < 4.78 is 6.23. The van der Waals surface area contributed by atoms with Gasteiger partial charge in [-0.1, -0.05) is 23.2 Å². The number of piperidine rings is 2. The van der Waals surface area contributed by atoms with Gasteiger partial charge in [-0.25, -0.2) is 9.97 Å². The first-order chi connectivity index (χ1) is 18.9. The second kappa shape index (κ2) is 13.0. The van der Waals surface area contributed by atoms with E-state index in [0.717, 1.165) is 74.7 Å². The molecule has 7 nitrogen and oxygen atoms in total. The average molecular weight is 569 g/mol. The molecule has 0 radical (unpaired) electrons. The smallest absolute Gasteiger partial charge is 0.220 e. The van der Waals surface area contributed by atoms with Crippen LogP contribution in [-0.4, -0.2) is 53.5 Å². The number of nitrogens with zero attached hydrogens (tertiary/aromatic N) is 4. The van der Waals surface area contributed by atoms with Gasteiger partial charge in [0.2, 0.25) is 11.8 Å². The molecule has 2 aliphatic rings. The zero-order valence-electron chi connectivity index (χ0n) is 22.3. The molecule has 1 N–H and O–H groups in total. The van der Waals surface area contributed by atoms with E-state index in [0.29, 0.717) is 27.6 Å². The largest absolute Gasteiger partial charge is 0.437 e. The number of halogens is 2. The fourth-order valence-electron chi connectivity index (χ4n) is 5.31. The van der Waals surface area contributed by atoms with Gasteiger partial charge in [0.05, 0.1) is 11.9 Å². The standard InChI is InChI=1S/C30H35Cl2N5O2/c1-21(38)33-18-22-7-11-36(12-8-22)20-23-13-28(24-15-25(31)17-26(32)16-24)35-30(14-23)39-27-5-6-29(34-19-27)37-9-3-2-4-10-37/h5-6,13-17,19,22H,2-4,7-12,18,20H2,1H3,(H,33,38). The third-order valence-electron chi connectivity index (χ3n) is 7.40. The van der Waals surface area contributed by atoms with Gasteiger partial charge in [0, 0.05) is 54.8 Å². The van der Waals surface area contributed by atoms with Crippen LogP contribution in [0.5, 0.6) is 11.6 Å². The number of aromatic nitrogens is 2. The van der Waals surface area contributed by atoms with Crippen molar-refractivity contribution in [3.63, 3.8) is 0 Å². The topological polar surface area (TPSA) is 70.6 Å². The molecule has 0 unspecified atom stereocenters. The number of pyridine rings is 2. The Hall–Kier alpha value is -2.87. The lowest BCUT2D eigenvalue weighted by Crippen LogP contribution is -2.37. The number of rotatable bonds is 8. The van der Waals surface area contributed by atoms with Crippen molar-refractivity contribution in [2.75, 3.05) is 37.6 Å². The maximum absolute atomic E-state index is 11.3. The molecule has 1 amide bonds. The lowest BCUT2D eigenvalue weighted by atomic mass is 9.96. The highest BCUT2D eigenvalue weighted by Crippen LogP contribution is 2.31. The number of amides is 1. The summed E-state index contributed by atoms with van der Waals surface area (Å²) in [5, 5.41) is 4.08. The average Bonchev–Trinajstić information content (AvgIpc) is 2.93. The summed E-state index contributed by atoms with van der Waals surface area (Å²) in [6.45, 7) is 7.15. The quantitative estimate of drug-likeness (QED) is 0.331. The second-order valence-corrected chi connectivity index (χ2v) is 11.4. The van der Waals surface area contributed by atoms with Crippen molar-refractivity contribution in [3.8, 4) is 22.9 Å². The van der Waals surface area contributed by atoms with Crippen LogP contribution in [-0.2, 0) is 11.3 Å². The van der Waals surface area contributed by atoms with Crippen LogP contribution in [0.4, 0.5) is 5.82 Å². The number of hydrogen-bond donors (Lipinski definition) is 1. The zero-order valence-corrected chi connectivity index (χ0v) is 23.8. The van der Waals surface area contributed by atoms with Gasteiger partial charge in [0.25, 0.3) is 0 Å². The fraction of sp³-hybridized carbons (Fsp3) is 0.433. The summed E-state index contributed by atoms with van der Waals surface area (Å²) in [7, 11) is 0. The lowest BCUT2D eigenvalue weighted by Gasteiger charge is -2.32. The summed E-state index contributed by atoms with van der Waals surface area (Å²) in [4.78, 5) is 25.5. The highest BCUT2D eigenvalue weighted by molar-refractivity contribution is 6.35. The normalized spacial score (nSPS) is 16.7. The molecule has 9 heteroatoms. The van der Waals surface area contributed by atoms with Crippen molar-refractivity contribution in [2.45, 2.75) is 45.6 Å². The van der Waals surface area contributed by atoms with E-state index in [2.05, 4.69) is 26.2 Å². The maximum atomic E-state index is 11.3. The van der Waals surface area contributed by atoms with E-state index in [1.165, 1.54) is 19.3 Å². The summed E-state index contributed by atoms with van der Waals surface area (Å²) in [6.07, 6.45) is 7.59. The molecule has 5 rings (SSSR count). The van der Waals surface area contributed by atoms with E-state index in [4.69, 9.17) is 32.9 Å². The second-order valence-electron chi connectivity index (χ2n) is 10.5. The number of anilines is 1. The number of nitrogens with one attached hydrogen (secondary N) is 1. The Morgan fingerprint density at radius 1 is 1.00 bits per heavy atom. The molecule has 2 aliphatic heterocycles. The molecule has 0 saturated carbocycles. The molecule has 3 aromatic rings. The Morgan fingerprint density at radius 3 is 2.41 bits per heavy atom. The summed E-state index contributed by atoms with van der Waals surface area (Å²) in [6, 6.07) is 13.5. The third-order valence-corrected chi connectivity index (χ3v) is 7.83. The molecule has 4 heterocycles. The Labute approximate surface area is 240 Å². The highest BCUT2D eigenvalue weighted by Gasteiger charge is 2.20. The number of carbonyl (C=O) groups excluding carboxylic acids is 1. The van der Waals surface area contributed by atoms with Crippen LogP contribution in [0.3, 0.4) is 0 Å². The van der Waals surface area contributed by atoms with Gasteiger partial charge >= 0.3 is 0 Å². The molecule has 2 saturated heterocycles. The van der Waals surface area contributed by atoms with Crippen LogP contribution in [0.15, 0.2) is 48.7 Å². The molecule has 0 spiro atoms. The van der Waals surface area contributed by atoms with E-state index in [1.807, 2.05) is 30.3 Å². The third kappa shape index (κ3) is 7.84. The summed E-state index contributed by atoms with van der Waals surface area (Å²) in [5.74, 6) is 2.69. The van der Waals surface area contributed by atoms with Crippen LogP contribution >= 0.6 is 23.2 Å². The van der Waals surface area contributed by atoms with E-state index >= 15 is 0 Å². The molecule has 0 aliphatic carbocycles. The van der Waals surface area contributed by atoms with Crippen LogP contribution in [0.1, 0.15) is 44.6 Å². The van der Waals surface area contributed by atoms with Gasteiger partial charge in [-0.2, -0.15) is 0 Å². The number of hydrogen-bond acceptors (Lipinski definition) is 6. The van der Waals surface area contributed by atoms with Crippen LogP contribution in [0.2, 0.25) is 10.0 Å². The number of likely N-dealkylation sites (tertiary alicyclic amines) is 1. The van der Waals surface area contributed by atoms with E-state index in [1.54, 1.807) is 19.2 Å². The highest BCUT2D eigenvalue weighted by atomic mass is 35.5. The van der Waals surface area contributed by atoms with E-state index in [-0.39, 0.29) is 5.91 Å². The Bertz CT molecular complexity index is 1250. The Kier molecular flexibility index (Phi) is 9.22. The van der Waals surface area contributed by atoms with Crippen molar-refractivity contribution >= 4 is 34.9 Å². The summed E-state index contributed by atoms with van der Waals surface area (Å²) in [5.41, 5.74) is 2.70. The van der Waals surface area contributed by atoms with E-state index < -0.39 is 0 Å². The molecule has 39 heavy (non-hydrogen) atoms. The minimum atomic E-state index is 0.0340. The van der Waals surface area contributed by atoms with Gasteiger partial charge in [-0.15, -0.1) is 0 Å². The van der Waals surface area contributed by atoms with Gasteiger partial charge in [-0.05, 0) is 93.1 Å². The minimum absolute atomic E-state index is 0.0340. The first kappa shape index (κ1) is 27.7. The van der Waals surface area contributed by atoms with Crippen molar-refractivity contribution in [1.29, 1.82) is 0 Å². The molecule has 0 bridgehead atoms. The minimum Gasteiger partial charge on any atom is -0.437 e. The first-order valence-corrected chi connectivity index (χ1v) is 14.5. The van der Waals surface area contributed by atoms with Gasteiger partial charge < -0.3 is 15.0 Å². The molecule has 1 aromatic carbocycles. The van der Waals surface area contributed by atoms with Crippen LogP contribution < -0.4 is 15.0 Å². The van der Waals surface area contributed by atoms with Crippen molar-refractivity contribution in [1.82, 2.24) is 20.2 Å².